The molecule has 0 radical (unpaired) electrons. The Balaban J connectivity index is 1.66. The van der Waals surface area contributed by atoms with Gasteiger partial charge in [0.2, 0.25) is 0 Å². The van der Waals surface area contributed by atoms with Crippen LogP contribution in [0.15, 0.2) is 71.3 Å². The van der Waals surface area contributed by atoms with E-state index in [9.17, 15) is 10.1 Å². The van der Waals surface area contributed by atoms with Gasteiger partial charge in [0.05, 0.1) is 23.3 Å². The second kappa shape index (κ2) is 7.59. The number of furan rings is 1. The van der Waals surface area contributed by atoms with Crippen LogP contribution in [0.25, 0.3) is 11.1 Å². The highest BCUT2D eigenvalue weighted by molar-refractivity contribution is 7.80. The van der Waals surface area contributed by atoms with Gasteiger partial charge in [-0.25, -0.2) is 0 Å². The first-order valence-corrected chi connectivity index (χ1v) is 7.95. The van der Waals surface area contributed by atoms with Crippen molar-refractivity contribution in [1.82, 2.24) is 5.32 Å². The monoisotopic (exact) mass is 353 g/mol. The fourth-order valence-electron chi connectivity index (χ4n) is 2.37. The summed E-state index contributed by atoms with van der Waals surface area (Å²) in [5, 5.41) is 17.7. The fraction of sp³-hybridized carbons (Fsp3) is 0.0556. The third kappa shape index (κ3) is 4.21. The minimum absolute atomic E-state index is 0.0823. The van der Waals surface area contributed by atoms with Gasteiger partial charge in [-0.1, -0.05) is 24.3 Å². The minimum atomic E-state index is -0.380. The molecule has 0 unspecified atom stereocenters. The molecule has 2 aromatic carbocycles. The van der Waals surface area contributed by atoms with Crippen LogP contribution in [0.1, 0.15) is 5.76 Å². The number of para-hydroxylation sites is 1. The molecule has 0 aliphatic heterocycles. The topological polar surface area (TPSA) is 80.3 Å². The van der Waals surface area contributed by atoms with Crippen LogP contribution >= 0.6 is 12.2 Å². The standard InChI is InChI=1S/C18H15N3O3S/c22-21(23)17-6-2-1-5-16(17)13-7-9-14(10-8-13)20-18(25)19-12-15-4-3-11-24-15/h1-11H,12H2,(H2,19,20,25). The lowest BCUT2D eigenvalue weighted by Crippen LogP contribution is -2.27. The number of benzene rings is 2. The molecule has 1 aromatic heterocycles. The molecule has 25 heavy (non-hydrogen) atoms. The first-order valence-electron chi connectivity index (χ1n) is 7.54. The van der Waals surface area contributed by atoms with Crippen molar-refractivity contribution in [1.29, 1.82) is 0 Å². The molecule has 0 saturated carbocycles. The van der Waals surface area contributed by atoms with Crippen LogP contribution in [0.5, 0.6) is 0 Å². The zero-order valence-electron chi connectivity index (χ0n) is 13.1. The van der Waals surface area contributed by atoms with Gasteiger partial charge in [-0.3, -0.25) is 10.1 Å². The smallest absolute Gasteiger partial charge is 0.277 e. The SMILES string of the molecule is O=[N+]([O-])c1ccccc1-c1ccc(NC(=S)NCc2ccco2)cc1. The van der Waals surface area contributed by atoms with Crippen molar-refractivity contribution in [3.05, 3.63) is 82.8 Å². The summed E-state index contributed by atoms with van der Waals surface area (Å²) in [5.41, 5.74) is 2.23. The summed E-state index contributed by atoms with van der Waals surface area (Å²) in [4.78, 5) is 10.8. The molecule has 0 bridgehead atoms. The Labute approximate surface area is 149 Å². The van der Waals surface area contributed by atoms with Gasteiger partial charge in [0.1, 0.15) is 5.76 Å². The number of nitro benzene ring substituents is 1. The highest BCUT2D eigenvalue weighted by atomic mass is 32.1. The number of thiocarbonyl (C=S) groups is 1. The second-order valence-electron chi connectivity index (χ2n) is 5.24. The summed E-state index contributed by atoms with van der Waals surface area (Å²) in [7, 11) is 0. The molecule has 0 aliphatic rings. The van der Waals surface area contributed by atoms with Crippen LogP contribution in [-0.2, 0) is 6.54 Å². The number of anilines is 1. The molecular weight excluding hydrogens is 338 g/mol. The zero-order chi connectivity index (χ0) is 17.6. The van der Waals surface area contributed by atoms with Gasteiger partial charge in [-0.05, 0) is 48.1 Å². The van der Waals surface area contributed by atoms with Crippen molar-refractivity contribution in [2.45, 2.75) is 6.54 Å². The second-order valence-corrected chi connectivity index (χ2v) is 5.65. The van der Waals surface area contributed by atoms with Crippen LogP contribution in [0.4, 0.5) is 11.4 Å². The molecule has 6 nitrogen and oxygen atoms in total. The average Bonchev–Trinajstić information content (AvgIpc) is 3.14. The van der Waals surface area contributed by atoms with E-state index in [1.165, 1.54) is 6.07 Å². The quantitative estimate of drug-likeness (QED) is 0.403. The van der Waals surface area contributed by atoms with Crippen LogP contribution in [0, 0.1) is 10.1 Å². The number of hydrogen-bond donors (Lipinski definition) is 2. The third-order valence-electron chi connectivity index (χ3n) is 3.56. The Morgan fingerprint density at radius 1 is 1.08 bits per heavy atom. The molecule has 3 aromatic rings. The maximum absolute atomic E-state index is 11.1. The Morgan fingerprint density at radius 3 is 2.52 bits per heavy atom. The van der Waals surface area contributed by atoms with E-state index in [1.54, 1.807) is 24.5 Å². The average molecular weight is 353 g/mol. The van der Waals surface area contributed by atoms with Gasteiger partial charge in [0.15, 0.2) is 5.11 Å². The Kier molecular flexibility index (Phi) is 5.06. The van der Waals surface area contributed by atoms with Gasteiger partial charge >= 0.3 is 0 Å². The van der Waals surface area contributed by atoms with Crippen molar-refractivity contribution in [3.63, 3.8) is 0 Å². The van der Waals surface area contributed by atoms with E-state index in [-0.39, 0.29) is 10.6 Å². The molecule has 3 rings (SSSR count). The Bertz CT molecular complexity index is 877. The predicted octanol–water partition coefficient (Wildman–Crippen LogP) is 4.34. The molecule has 126 valence electrons. The van der Waals surface area contributed by atoms with E-state index < -0.39 is 0 Å². The molecule has 0 spiro atoms. The van der Waals surface area contributed by atoms with Crippen molar-refractivity contribution >= 4 is 28.7 Å². The van der Waals surface area contributed by atoms with Crippen molar-refractivity contribution in [2.24, 2.45) is 0 Å². The van der Waals surface area contributed by atoms with Gasteiger partial charge < -0.3 is 15.1 Å². The first-order chi connectivity index (χ1) is 12.1. The Hall–Kier alpha value is -3.19. The van der Waals surface area contributed by atoms with Crippen LogP contribution in [0.2, 0.25) is 0 Å². The van der Waals surface area contributed by atoms with Crippen LogP contribution in [0.3, 0.4) is 0 Å². The van der Waals surface area contributed by atoms with E-state index in [0.717, 1.165) is 17.0 Å². The maximum Gasteiger partial charge on any atom is 0.277 e. The van der Waals surface area contributed by atoms with Gasteiger partial charge in [0, 0.05) is 11.8 Å². The number of rotatable bonds is 5. The van der Waals surface area contributed by atoms with Gasteiger partial charge in [-0.2, -0.15) is 0 Å². The molecule has 0 atom stereocenters. The van der Waals surface area contributed by atoms with Crippen LogP contribution < -0.4 is 10.6 Å². The van der Waals surface area contributed by atoms with Crippen molar-refractivity contribution in [3.8, 4) is 11.1 Å². The highest BCUT2D eigenvalue weighted by Crippen LogP contribution is 2.30. The van der Waals surface area contributed by atoms with E-state index >= 15 is 0 Å². The van der Waals surface area contributed by atoms with Crippen molar-refractivity contribution < 1.29 is 9.34 Å². The number of hydrogen-bond acceptors (Lipinski definition) is 4. The molecule has 1 heterocycles. The summed E-state index contributed by atoms with van der Waals surface area (Å²) >= 11 is 5.24. The van der Waals surface area contributed by atoms with E-state index in [4.69, 9.17) is 16.6 Å². The summed E-state index contributed by atoms with van der Waals surface area (Å²) in [5.74, 6) is 0.788. The fourth-order valence-corrected chi connectivity index (χ4v) is 2.56. The van der Waals surface area contributed by atoms with E-state index in [2.05, 4.69) is 10.6 Å². The number of nitrogens with one attached hydrogen (secondary N) is 2. The first kappa shape index (κ1) is 16.7. The summed E-state index contributed by atoms with van der Waals surface area (Å²) in [6.45, 7) is 0.493. The predicted molar refractivity (Wildman–Crippen MR) is 100 cm³/mol. The largest absolute Gasteiger partial charge is 0.467 e. The van der Waals surface area contributed by atoms with E-state index in [0.29, 0.717) is 17.2 Å². The Morgan fingerprint density at radius 2 is 1.84 bits per heavy atom. The molecule has 0 fully saturated rings. The molecule has 7 heteroatoms. The number of nitro groups is 1. The molecule has 0 saturated heterocycles. The van der Waals surface area contributed by atoms with Gasteiger partial charge in [0.25, 0.3) is 5.69 Å². The zero-order valence-corrected chi connectivity index (χ0v) is 14.0. The lowest BCUT2D eigenvalue weighted by atomic mass is 10.0. The molecule has 2 N–H and O–H groups in total. The number of nitrogens with zero attached hydrogens (tertiary/aromatic N) is 1. The summed E-state index contributed by atoms with van der Waals surface area (Å²) in [6.07, 6.45) is 1.61. The third-order valence-corrected chi connectivity index (χ3v) is 3.80. The van der Waals surface area contributed by atoms with E-state index in [1.807, 2.05) is 36.4 Å². The molecule has 0 aliphatic carbocycles. The maximum atomic E-state index is 11.1. The van der Waals surface area contributed by atoms with Crippen molar-refractivity contribution in [2.75, 3.05) is 5.32 Å². The minimum Gasteiger partial charge on any atom is -0.467 e. The normalized spacial score (nSPS) is 10.2. The lowest BCUT2D eigenvalue weighted by molar-refractivity contribution is -0.384. The summed E-state index contributed by atoms with van der Waals surface area (Å²) in [6, 6.07) is 17.6. The highest BCUT2D eigenvalue weighted by Gasteiger charge is 2.13. The summed E-state index contributed by atoms with van der Waals surface area (Å²) < 4.78 is 5.22. The lowest BCUT2D eigenvalue weighted by Gasteiger charge is -2.10. The molecule has 0 amide bonds. The molecular formula is C18H15N3O3S. The van der Waals surface area contributed by atoms with Gasteiger partial charge in [-0.15, -0.1) is 0 Å². The van der Waals surface area contributed by atoms with Crippen LogP contribution in [-0.4, -0.2) is 10.0 Å².